The van der Waals surface area contributed by atoms with Crippen molar-refractivity contribution >= 4 is 36.0 Å². The Balaban J connectivity index is 1.29. The van der Waals surface area contributed by atoms with Gasteiger partial charge in [0.2, 0.25) is 0 Å². The molecule has 1 unspecified atom stereocenters. The first-order chi connectivity index (χ1) is 22.5. The van der Waals surface area contributed by atoms with Crippen LogP contribution >= 0.6 is 7.75 Å². The highest BCUT2D eigenvalue weighted by atomic mass is 31.2. The summed E-state index contributed by atoms with van der Waals surface area (Å²) >= 11 is 0. The summed E-state index contributed by atoms with van der Waals surface area (Å²) in [5.41, 5.74) is 4.20. The highest BCUT2D eigenvalue weighted by molar-refractivity contribution is 7.52. The molecule has 1 fully saturated rings. The molecule has 47 heavy (non-hydrogen) atoms. The standard InChI is InChI=1S/C32H36FN6O7P/c1-4-43-30(41)24(16-20-17-35-23-13-9-8-12-22(20)23)38-47(42,46-21-10-6-5-7-11-21)44-18-26-28(40)31(2,33)32(3,45-26)27-15-14-25-29(34)36-19-37-39(25)27/h5-15,17,19,24,26,28,35,40H,4,16,18H2,1-3H3,(H,38,42)(H2,34,36,37)/t24-,26+,28+,31+,32-,47?/m0/s1. The Morgan fingerprint density at radius 3 is 2.70 bits per heavy atom. The van der Waals surface area contributed by atoms with Gasteiger partial charge in [0.15, 0.2) is 11.5 Å². The number of benzene rings is 2. The van der Waals surface area contributed by atoms with Gasteiger partial charge in [-0.05, 0) is 56.7 Å². The van der Waals surface area contributed by atoms with Gasteiger partial charge in [0.25, 0.3) is 0 Å². The summed E-state index contributed by atoms with van der Waals surface area (Å²) < 4.78 is 55.6. The number of anilines is 1. The molecule has 248 valence electrons. The van der Waals surface area contributed by atoms with Crippen molar-refractivity contribution in [3.05, 3.63) is 90.5 Å². The van der Waals surface area contributed by atoms with Crippen LogP contribution in [0.15, 0.2) is 79.3 Å². The molecule has 4 heterocycles. The Morgan fingerprint density at radius 1 is 1.19 bits per heavy atom. The number of hydrogen-bond acceptors (Lipinski definition) is 10. The topological polar surface area (TPSA) is 175 Å². The van der Waals surface area contributed by atoms with Gasteiger partial charge >= 0.3 is 13.7 Å². The molecule has 3 aromatic heterocycles. The highest BCUT2D eigenvalue weighted by Gasteiger charge is 2.63. The number of hydrogen-bond donors (Lipinski definition) is 4. The molecule has 6 rings (SSSR count). The van der Waals surface area contributed by atoms with Crippen LogP contribution in [0.4, 0.5) is 10.2 Å². The van der Waals surface area contributed by atoms with Gasteiger partial charge in [-0.15, -0.1) is 0 Å². The van der Waals surface area contributed by atoms with Crippen molar-refractivity contribution in [3.8, 4) is 5.75 Å². The van der Waals surface area contributed by atoms with Crippen LogP contribution in [-0.2, 0) is 35.4 Å². The van der Waals surface area contributed by atoms with E-state index in [2.05, 4.69) is 20.2 Å². The third kappa shape index (κ3) is 6.10. The Hall–Kier alpha value is -4.33. The number of alkyl halides is 1. The number of ether oxygens (including phenoxy) is 2. The number of para-hydroxylation sites is 2. The van der Waals surface area contributed by atoms with Crippen LogP contribution in [0.5, 0.6) is 5.75 Å². The first-order valence-electron chi connectivity index (χ1n) is 15.1. The van der Waals surface area contributed by atoms with Crippen molar-refractivity contribution < 1.29 is 37.4 Å². The summed E-state index contributed by atoms with van der Waals surface area (Å²) in [4.78, 5) is 20.4. The number of carbonyl (C=O) groups excluding carboxylic acids is 1. The number of nitrogens with two attached hydrogens (primary N) is 1. The fraction of sp³-hybridized carbons (Fsp3) is 0.344. The van der Waals surface area contributed by atoms with Gasteiger partial charge in [-0.3, -0.25) is 9.32 Å². The van der Waals surface area contributed by atoms with Crippen LogP contribution in [0, 0.1) is 0 Å². The molecule has 0 saturated carbocycles. The zero-order valence-electron chi connectivity index (χ0n) is 26.0. The van der Waals surface area contributed by atoms with Gasteiger partial charge in [-0.1, -0.05) is 36.4 Å². The van der Waals surface area contributed by atoms with E-state index in [1.54, 1.807) is 55.6 Å². The van der Waals surface area contributed by atoms with E-state index in [-0.39, 0.29) is 30.3 Å². The molecule has 0 bridgehead atoms. The average molecular weight is 667 g/mol. The van der Waals surface area contributed by atoms with Crippen LogP contribution in [0.2, 0.25) is 0 Å². The quantitative estimate of drug-likeness (QED) is 0.109. The second kappa shape index (κ2) is 12.7. The van der Waals surface area contributed by atoms with Gasteiger partial charge in [0.05, 0.1) is 18.9 Å². The van der Waals surface area contributed by atoms with Gasteiger partial charge in [-0.25, -0.2) is 18.5 Å². The SMILES string of the molecule is CCOC(=O)[C@H](Cc1c[nH]c2ccccc12)NP(=O)(OC[C@H]1O[C@@](C)(c2ccc3c(N)ncnn23)[C@](C)(F)[C@@H]1O)Oc1ccccc1. The van der Waals surface area contributed by atoms with E-state index in [9.17, 15) is 14.5 Å². The Bertz CT molecular complexity index is 1930. The molecule has 5 aromatic rings. The fourth-order valence-electron chi connectivity index (χ4n) is 5.88. The molecular weight excluding hydrogens is 630 g/mol. The number of aromatic amines is 1. The number of nitrogen functional groups attached to an aromatic ring is 1. The molecule has 1 aliphatic heterocycles. The molecule has 2 aromatic carbocycles. The molecule has 0 aliphatic carbocycles. The lowest BCUT2D eigenvalue weighted by Crippen LogP contribution is -2.47. The molecule has 0 radical (unpaired) electrons. The smallest absolute Gasteiger partial charge is 0.459 e. The lowest BCUT2D eigenvalue weighted by atomic mass is 9.82. The maximum Gasteiger partial charge on any atom is 0.459 e. The lowest BCUT2D eigenvalue weighted by molar-refractivity contribution is -0.145. The van der Waals surface area contributed by atoms with E-state index < -0.39 is 49.8 Å². The van der Waals surface area contributed by atoms with Gasteiger partial charge in [0, 0.05) is 23.5 Å². The van der Waals surface area contributed by atoms with E-state index in [1.807, 2.05) is 24.3 Å². The van der Waals surface area contributed by atoms with Crippen molar-refractivity contribution in [3.63, 3.8) is 0 Å². The number of aliphatic hydroxyl groups is 1. The van der Waals surface area contributed by atoms with E-state index in [0.29, 0.717) is 5.52 Å². The number of aromatic nitrogens is 4. The Kier molecular flexibility index (Phi) is 8.81. The van der Waals surface area contributed by atoms with Gasteiger partial charge < -0.3 is 29.8 Å². The van der Waals surface area contributed by atoms with E-state index in [0.717, 1.165) is 16.5 Å². The summed E-state index contributed by atoms with van der Waals surface area (Å²) in [5.74, 6) is -0.313. The van der Waals surface area contributed by atoms with E-state index >= 15 is 4.39 Å². The molecular formula is C32H36FN6O7P. The number of H-pyrrole nitrogens is 1. The van der Waals surface area contributed by atoms with Gasteiger partial charge in [-0.2, -0.15) is 10.2 Å². The van der Waals surface area contributed by atoms with E-state index in [4.69, 9.17) is 24.3 Å². The molecule has 0 spiro atoms. The number of nitrogens with zero attached hydrogens (tertiary/aromatic N) is 3. The minimum Gasteiger partial charge on any atom is -0.465 e. The van der Waals surface area contributed by atoms with Crippen LogP contribution in [-0.4, -0.2) is 67.8 Å². The predicted octanol–water partition coefficient (Wildman–Crippen LogP) is 4.46. The number of carbonyl (C=O) groups is 1. The molecule has 5 N–H and O–H groups in total. The van der Waals surface area contributed by atoms with Crippen LogP contribution in [0.3, 0.4) is 0 Å². The molecule has 1 aliphatic rings. The first-order valence-corrected chi connectivity index (χ1v) is 16.6. The van der Waals surface area contributed by atoms with Crippen LogP contribution < -0.4 is 15.3 Å². The number of aliphatic hydroxyl groups excluding tert-OH is 1. The fourth-order valence-corrected chi connectivity index (χ4v) is 7.38. The molecule has 6 atom stereocenters. The summed E-state index contributed by atoms with van der Waals surface area (Å²) in [7, 11) is -4.44. The Labute approximate surface area is 269 Å². The molecule has 0 amide bonds. The second-order valence-electron chi connectivity index (χ2n) is 11.6. The predicted molar refractivity (Wildman–Crippen MR) is 171 cm³/mol. The highest BCUT2D eigenvalue weighted by Crippen LogP contribution is 2.52. The Morgan fingerprint density at radius 2 is 1.94 bits per heavy atom. The third-order valence-electron chi connectivity index (χ3n) is 8.56. The molecule has 15 heteroatoms. The van der Waals surface area contributed by atoms with Crippen molar-refractivity contribution in [2.45, 2.75) is 56.7 Å². The summed E-state index contributed by atoms with van der Waals surface area (Å²) in [6, 6.07) is 17.8. The number of halogens is 1. The van der Waals surface area contributed by atoms with Crippen molar-refractivity contribution in [1.82, 2.24) is 24.7 Å². The maximum absolute atomic E-state index is 16.5. The van der Waals surface area contributed by atoms with E-state index in [1.165, 1.54) is 24.7 Å². The number of nitrogens with one attached hydrogen (secondary N) is 2. The largest absolute Gasteiger partial charge is 0.465 e. The summed E-state index contributed by atoms with van der Waals surface area (Å²) in [5, 5.41) is 19.0. The number of rotatable bonds is 12. The van der Waals surface area contributed by atoms with Crippen molar-refractivity contribution in [1.29, 1.82) is 0 Å². The minimum absolute atomic E-state index is 0.0732. The van der Waals surface area contributed by atoms with Crippen molar-refractivity contribution in [2.24, 2.45) is 0 Å². The third-order valence-corrected chi connectivity index (χ3v) is 10.1. The maximum atomic E-state index is 16.5. The normalized spacial score (nSPS) is 24.7. The first kappa shape index (κ1) is 32.6. The zero-order valence-corrected chi connectivity index (χ0v) is 26.9. The van der Waals surface area contributed by atoms with Crippen LogP contribution in [0.25, 0.3) is 16.4 Å². The summed E-state index contributed by atoms with van der Waals surface area (Å²) in [6.45, 7) is 3.85. The van der Waals surface area contributed by atoms with Crippen molar-refractivity contribution in [2.75, 3.05) is 18.9 Å². The molecule has 1 saturated heterocycles. The lowest BCUT2D eigenvalue weighted by Gasteiger charge is -2.33. The minimum atomic E-state index is -4.44. The summed E-state index contributed by atoms with van der Waals surface area (Å²) in [6.07, 6.45) is 0.0238. The molecule has 13 nitrogen and oxygen atoms in total. The van der Waals surface area contributed by atoms with Gasteiger partial charge in [0.1, 0.15) is 41.4 Å². The number of fused-ring (bicyclic) bond motifs is 2. The zero-order chi connectivity index (χ0) is 33.4. The average Bonchev–Trinajstić information content (AvgIpc) is 3.72. The number of esters is 1. The monoisotopic (exact) mass is 666 g/mol. The second-order valence-corrected chi connectivity index (χ2v) is 13.3. The van der Waals surface area contributed by atoms with Crippen LogP contribution in [0.1, 0.15) is 32.0 Å².